The van der Waals surface area contributed by atoms with Crippen LogP contribution >= 0.6 is 0 Å². The Morgan fingerprint density at radius 2 is 1.47 bits per heavy atom. The van der Waals surface area contributed by atoms with E-state index in [2.05, 4.69) is 39.9 Å². The summed E-state index contributed by atoms with van der Waals surface area (Å²) < 4.78 is 0. The minimum absolute atomic E-state index is 0.0505. The number of guanidine groups is 1. The summed E-state index contributed by atoms with van der Waals surface area (Å²) in [5.41, 5.74) is 14.2. The molecule has 3 rings (SSSR count). The molecule has 7 heteroatoms. The zero-order chi connectivity index (χ0) is 24.2. The summed E-state index contributed by atoms with van der Waals surface area (Å²) in [6, 6.07) is 27.0. The average Bonchev–Trinajstić information content (AvgIpc) is 2.86. The van der Waals surface area contributed by atoms with Crippen LogP contribution in [0, 0.1) is 0 Å². The predicted octanol–water partition coefficient (Wildman–Crippen LogP) is 2.85. The Morgan fingerprint density at radius 3 is 2.03 bits per heavy atom. The fourth-order valence-corrected chi connectivity index (χ4v) is 3.81. The van der Waals surface area contributed by atoms with Crippen molar-refractivity contribution in [2.75, 3.05) is 13.1 Å². The molecule has 0 spiro atoms. The lowest BCUT2D eigenvalue weighted by molar-refractivity contribution is -0.123. The molecule has 1 atom stereocenters. The highest BCUT2D eigenvalue weighted by Gasteiger charge is 2.21. The molecule has 0 heterocycles. The Balaban J connectivity index is 1.69. The summed E-state index contributed by atoms with van der Waals surface area (Å²) in [4.78, 5) is 17.1. The molecule has 0 radical (unpaired) electrons. The van der Waals surface area contributed by atoms with Crippen molar-refractivity contribution >= 4 is 11.9 Å². The van der Waals surface area contributed by atoms with Crippen molar-refractivity contribution < 1.29 is 9.90 Å². The zero-order valence-corrected chi connectivity index (χ0v) is 19.2. The van der Waals surface area contributed by atoms with Gasteiger partial charge in [0.2, 0.25) is 5.91 Å². The van der Waals surface area contributed by atoms with E-state index in [1.807, 2.05) is 36.4 Å². The fraction of sp³-hybridized carbons (Fsp3) is 0.259. The van der Waals surface area contributed by atoms with Crippen LogP contribution in [0.25, 0.3) is 0 Å². The molecule has 0 aliphatic rings. The molecule has 3 aromatic carbocycles. The van der Waals surface area contributed by atoms with Gasteiger partial charge in [-0.05, 0) is 41.7 Å². The summed E-state index contributed by atoms with van der Waals surface area (Å²) in [6.45, 7) is 1.45. The Kier molecular flexibility index (Phi) is 9.49. The van der Waals surface area contributed by atoms with Crippen molar-refractivity contribution in [3.05, 3.63) is 102 Å². The van der Waals surface area contributed by atoms with Crippen LogP contribution in [-0.2, 0) is 11.3 Å². The molecule has 0 saturated heterocycles. The van der Waals surface area contributed by atoms with Gasteiger partial charge in [-0.1, -0.05) is 72.8 Å². The summed E-state index contributed by atoms with van der Waals surface area (Å²) in [6.07, 6.45) is 1.26. The van der Waals surface area contributed by atoms with Gasteiger partial charge in [0.05, 0.1) is 6.04 Å². The third-order valence-corrected chi connectivity index (χ3v) is 5.64. The number of carbonyl (C=O) groups is 1. The van der Waals surface area contributed by atoms with Gasteiger partial charge in [-0.3, -0.25) is 9.79 Å². The second-order valence-electron chi connectivity index (χ2n) is 8.17. The van der Waals surface area contributed by atoms with Gasteiger partial charge < -0.3 is 27.2 Å². The van der Waals surface area contributed by atoms with Gasteiger partial charge in [0.15, 0.2) is 5.96 Å². The molecule has 7 nitrogen and oxygen atoms in total. The molecule has 0 aromatic heterocycles. The topological polar surface area (TPSA) is 126 Å². The van der Waals surface area contributed by atoms with Gasteiger partial charge in [0, 0.05) is 25.6 Å². The number of nitrogens with two attached hydrogens (primary N) is 2. The highest BCUT2D eigenvalue weighted by molar-refractivity contribution is 5.81. The third kappa shape index (κ3) is 7.94. The summed E-state index contributed by atoms with van der Waals surface area (Å²) in [5, 5.41) is 16.0. The predicted molar refractivity (Wildman–Crippen MR) is 136 cm³/mol. The lowest BCUT2D eigenvalue weighted by Gasteiger charge is -2.24. The second kappa shape index (κ2) is 13.0. The number of phenolic OH excluding ortho intramolecular Hbond substituents is 1. The van der Waals surface area contributed by atoms with Crippen LogP contribution in [0.3, 0.4) is 0 Å². The first-order valence-electron chi connectivity index (χ1n) is 11.5. The van der Waals surface area contributed by atoms with Crippen LogP contribution in [-0.4, -0.2) is 36.1 Å². The summed E-state index contributed by atoms with van der Waals surface area (Å²) in [5.74, 6) is 0.266. The van der Waals surface area contributed by atoms with Crippen molar-refractivity contribution in [3.8, 4) is 5.75 Å². The lowest BCUT2D eigenvalue weighted by Crippen LogP contribution is -2.45. The van der Waals surface area contributed by atoms with E-state index in [4.69, 9.17) is 11.5 Å². The molecule has 1 amide bonds. The number of aliphatic imine (C=N–C) groups is 1. The maximum absolute atomic E-state index is 13.1. The van der Waals surface area contributed by atoms with Crippen LogP contribution in [0.15, 0.2) is 89.9 Å². The Labute approximate surface area is 200 Å². The monoisotopic (exact) mass is 459 g/mol. The van der Waals surface area contributed by atoms with Gasteiger partial charge in [0.25, 0.3) is 0 Å². The maximum Gasteiger partial charge on any atom is 0.237 e. The van der Waals surface area contributed by atoms with E-state index in [0.29, 0.717) is 32.5 Å². The highest BCUT2D eigenvalue weighted by Crippen LogP contribution is 2.24. The van der Waals surface area contributed by atoms with Crippen LogP contribution in [0.1, 0.15) is 35.4 Å². The summed E-state index contributed by atoms with van der Waals surface area (Å²) >= 11 is 0. The van der Waals surface area contributed by atoms with Crippen molar-refractivity contribution in [2.24, 2.45) is 16.5 Å². The number of hydrogen-bond acceptors (Lipinski definition) is 4. The van der Waals surface area contributed by atoms with Crippen molar-refractivity contribution in [1.29, 1.82) is 0 Å². The van der Waals surface area contributed by atoms with E-state index in [9.17, 15) is 9.90 Å². The minimum atomic E-state index is -0.402. The van der Waals surface area contributed by atoms with Crippen molar-refractivity contribution in [3.63, 3.8) is 0 Å². The van der Waals surface area contributed by atoms with E-state index >= 15 is 0 Å². The smallest absolute Gasteiger partial charge is 0.237 e. The molecule has 0 fully saturated rings. The molecular formula is C27H33N5O2. The first kappa shape index (κ1) is 24.8. The Bertz CT molecular complexity index is 996. The number of rotatable bonds is 12. The number of nitrogens with one attached hydrogen (secondary N) is 2. The molecule has 7 N–H and O–H groups in total. The normalized spacial score (nSPS) is 11.7. The standard InChI is InChI=1S/C27H33N5O2/c28-27(29)30-17-7-12-25(26(34)32-18-20-13-15-23(33)16-14-20)31-19-24(21-8-3-1-4-9-21)22-10-5-2-6-11-22/h1-6,8-11,13-16,24-25,31,33H,7,12,17-19H2,(H,32,34)(H4,28,29,30)/t25-/m1/s1. The van der Waals surface area contributed by atoms with Crippen LogP contribution < -0.4 is 22.1 Å². The number of aromatic hydroxyl groups is 1. The maximum atomic E-state index is 13.1. The highest BCUT2D eigenvalue weighted by atomic mass is 16.3. The van der Waals surface area contributed by atoms with Gasteiger partial charge in [-0.25, -0.2) is 0 Å². The van der Waals surface area contributed by atoms with E-state index in [1.165, 1.54) is 11.1 Å². The molecule has 0 saturated carbocycles. The first-order valence-corrected chi connectivity index (χ1v) is 11.5. The molecule has 178 valence electrons. The van der Waals surface area contributed by atoms with E-state index in [0.717, 1.165) is 5.56 Å². The number of amides is 1. The molecule has 3 aromatic rings. The molecule has 0 aliphatic heterocycles. The largest absolute Gasteiger partial charge is 0.508 e. The molecular weight excluding hydrogens is 426 g/mol. The van der Waals surface area contributed by atoms with Gasteiger partial charge in [-0.2, -0.15) is 0 Å². The quantitative estimate of drug-likeness (QED) is 0.162. The number of benzene rings is 3. The SMILES string of the molecule is NC(N)=NCCC[C@@H](NCC(c1ccccc1)c1ccccc1)C(=O)NCc1ccc(O)cc1. The second-order valence-corrected chi connectivity index (χ2v) is 8.17. The van der Waals surface area contributed by atoms with Gasteiger partial charge >= 0.3 is 0 Å². The zero-order valence-electron chi connectivity index (χ0n) is 19.2. The average molecular weight is 460 g/mol. The number of carbonyl (C=O) groups excluding carboxylic acids is 1. The summed E-state index contributed by atoms with van der Waals surface area (Å²) in [7, 11) is 0. The molecule has 0 bridgehead atoms. The number of nitrogens with zero attached hydrogens (tertiary/aromatic N) is 1. The molecule has 0 unspecified atom stereocenters. The minimum Gasteiger partial charge on any atom is -0.508 e. The van der Waals surface area contributed by atoms with E-state index in [-0.39, 0.29) is 23.5 Å². The van der Waals surface area contributed by atoms with Crippen LogP contribution in [0.2, 0.25) is 0 Å². The van der Waals surface area contributed by atoms with E-state index < -0.39 is 6.04 Å². The van der Waals surface area contributed by atoms with Gasteiger partial charge in [-0.15, -0.1) is 0 Å². The van der Waals surface area contributed by atoms with Crippen LogP contribution in [0.5, 0.6) is 5.75 Å². The number of hydrogen-bond donors (Lipinski definition) is 5. The number of phenols is 1. The Hall–Kier alpha value is -3.84. The fourth-order valence-electron chi connectivity index (χ4n) is 3.81. The van der Waals surface area contributed by atoms with Crippen molar-refractivity contribution in [2.45, 2.75) is 31.3 Å². The van der Waals surface area contributed by atoms with Gasteiger partial charge in [0.1, 0.15) is 5.75 Å². The Morgan fingerprint density at radius 1 is 0.882 bits per heavy atom. The van der Waals surface area contributed by atoms with Crippen molar-refractivity contribution in [1.82, 2.24) is 10.6 Å². The van der Waals surface area contributed by atoms with Crippen LogP contribution in [0.4, 0.5) is 0 Å². The third-order valence-electron chi connectivity index (χ3n) is 5.64. The first-order chi connectivity index (χ1) is 16.5. The molecule has 34 heavy (non-hydrogen) atoms. The molecule has 0 aliphatic carbocycles. The van der Waals surface area contributed by atoms with E-state index in [1.54, 1.807) is 24.3 Å². The lowest BCUT2D eigenvalue weighted by atomic mass is 9.91.